The Hall–Kier alpha value is -3.02. The highest BCUT2D eigenvalue weighted by molar-refractivity contribution is 7.14. The van der Waals surface area contributed by atoms with Crippen LogP contribution in [0.25, 0.3) is 11.3 Å². The van der Waals surface area contributed by atoms with Gasteiger partial charge in [0.05, 0.1) is 16.8 Å². The number of alkyl halides is 2. The van der Waals surface area contributed by atoms with Crippen LogP contribution in [0.15, 0.2) is 47.6 Å². The van der Waals surface area contributed by atoms with Gasteiger partial charge in [-0.05, 0) is 24.3 Å². The number of benzene rings is 2. The van der Waals surface area contributed by atoms with Gasteiger partial charge in [-0.25, -0.2) is 28.0 Å². The molecule has 4 rings (SSSR count). The summed E-state index contributed by atoms with van der Waals surface area (Å²) >= 11 is 6.65. The van der Waals surface area contributed by atoms with E-state index in [4.69, 9.17) is 11.6 Å². The minimum absolute atomic E-state index is 0.0927. The Bertz CT molecular complexity index is 1240. The molecule has 0 amide bonds. The molecule has 12 heteroatoms. The molecular formula is C21H15ClF4N4O2S. The number of carbonyl (C=O) groups excluding carboxylic acids is 1. The summed E-state index contributed by atoms with van der Waals surface area (Å²) in [6.07, 6.45) is 0.583. The zero-order chi connectivity index (χ0) is 23.8. The number of nitrogens with one attached hydrogen (secondary N) is 1. The number of nitrogens with zero attached hydrogens (tertiary/aromatic N) is 3. The molecule has 1 fully saturated rings. The SMILES string of the molecule is CNOC(=O)c1cc(F)ccc1/C=N/N(c1nc(-c2ccccc2Cl)c(F)s1)C1CC1(F)F. The van der Waals surface area contributed by atoms with E-state index in [1.54, 1.807) is 24.3 Å². The first-order valence-electron chi connectivity index (χ1n) is 9.51. The molecule has 1 atom stereocenters. The van der Waals surface area contributed by atoms with Crippen molar-refractivity contribution in [1.29, 1.82) is 0 Å². The average molecular weight is 499 g/mol. The Morgan fingerprint density at radius 1 is 1.33 bits per heavy atom. The third-order valence-corrected chi connectivity index (χ3v) is 5.90. The van der Waals surface area contributed by atoms with Gasteiger partial charge in [-0.15, -0.1) is 0 Å². The number of carbonyl (C=O) groups is 1. The zero-order valence-electron chi connectivity index (χ0n) is 16.9. The van der Waals surface area contributed by atoms with Gasteiger partial charge in [0.2, 0.25) is 10.3 Å². The fourth-order valence-electron chi connectivity index (χ4n) is 3.03. The second kappa shape index (κ2) is 9.08. The Morgan fingerprint density at radius 2 is 2.06 bits per heavy atom. The lowest BCUT2D eigenvalue weighted by Crippen LogP contribution is -2.24. The van der Waals surface area contributed by atoms with E-state index in [1.165, 1.54) is 13.1 Å². The first-order valence-corrected chi connectivity index (χ1v) is 10.7. The number of hydrogen-bond acceptors (Lipinski definition) is 7. The normalized spacial score (nSPS) is 16.7. The molecule has 1 aliphatic rings. The van der Waals surface area contributed by atoms with Crippen molar-refractivity contribution in [1.82, 2.24) is 10.5 Å². The molecule has 0 spiro atoms. The van der Waals surface area contributed by atoms with E-state index in [0.29, 0.717) is 16.9 Å². The Labute approximate surface area is 194 Å². The van der Waals surface area contributed by atoms with Gasteiger partial charge in [0.1, 0.15) is 17.6 Å². The Balaban J connectivity index is 1.72. The highest BCUT2D eigenvalue weighted by Crippen LogP contribution is 2.48. The number of thiazole rings is 1. The maximum absolute atomic E-state index is 14.7. The average Bonchev–Trinajstić information content (AvgIpc) is 3.22. The van der Waals surface area contributed by atoms with E-state index >= 15 is 0 Å². The first-order chi connectivity index (χ1) is 15.7. The summed E-state index contributed by atoms with van der Waals surface area (Å²) < 4.78 is 56.2. The molecule has 3 aromatic rings. The molecule has 0 bridgehead atoms. The minimum Gasteiger partial charge on any atom is -0.367 e. The third kappa shape index (κ3) is 4.85. The molecule has 2 aromatic carbocycles. The van der Waals surface area contributed by atoms with Crippen molar-refractivity contribution in [2.45, 2.75) is 18.4 Å². The van der Waals surface area contributed by atoms with Gasteiger partial charge in [0.15, 0.2) is 0 Å². The number of anilines is 1. The van der Waals surface area contributed by atoms with Gasteiger partial charge in [-0.3, -0.25) is 0 Å². The van der Waals surface area contributed by atoms with E-state index < -0.39 is 35.3 Å². The van der Waals surface area contributed by atoms with Crippen LogP contribution in [0.3, 0.4) is 0 Å². The molecule has 33 heavy (non-hydrogen) atoms. The fraction of sp³-hybridized carbons (Fsp3) is 0.190. The molecule has 0 radical (unpaired) electrons. The lowest BCUT2D eigenvalue weighted by molar-refractivity contribution is 0.0309. The van der Waals surface area contributed by atoms with Crippen molar-refractivity contribution in [2.75, 3.05) is 12.1 Å². The Morgan fingerprint density at radius 3 is 2.73 bits per heavy atom. The minimum atomic E-state index is -3.05. The predicted molar refractivity (Wildman–Crippen MR) is 117 cm³/mol. The molecule has 1 saturated carbocycles. The number of aromatic nitrogens is 1. The van der Waals surface area contributed by atoms with Gasteiger partial charge >= 0.3 is 5.97 Å². The third-order valence-electron chi connectivity index (χ3n) is 4.74. The second-order valence-corrected chi connectivity index (χ2v) is 8.33. The first kappa shape index (κ1) is 23.1. The molecule has 1 heterocycles. The zero-order valence-corrected chi connectivity index (χ0v) is 18.4. The van der Waals surface area contributed by atoms with Crippen LogP contribution in [0, 0.1) is 10.9 Å². The summed E-state index contributed by atoms with van der Waals surface area (Å²) in [5.41, 5.74) is 2.32. The number of hydroxylamine groups is 1. The second-order valence-electron chi connectivity index (χ2n) is 6.99. The number of hydrazone groups is 1. The topological polar surface area (TPSA) is 66.8 Å². The summed E-state index contributed by atoms with van der Waals surface area (Å²) in [6.45, 7) is 0. The highest BCUT2D eigenvalue weighted by atomic mass is 35.5. The summed E-state index contributed by atoms with van der Waals surface area (Å²) in [5, 5.41) is 4.35. The van der Waals surface area contributed by atoms with Crippen LogP contribution in [-0.4, -0.2) is 36.2 Å². The van der Waals surface area contributed by atoms with Crippen molar-refractivity contribution >= 4 is 40.3 Å². The molecule has 1 aromatic heterocycles. The van der Waals surface area contributed by atoms with Gasteiger partial charge in [0, 0.05) is 24.6 Å². The maximum Gasteiger partial charge on any atom is 0.357 e. The number of rotatable bonds is 7. The van der Waals surface area contributed by atoms with Crippen molar-refractivity contribution in [3.63, 3.8) is 0 Å². The Kier molecular flexibility index (Phi) is 6.37. The van der Waals surface area contributed by atoms with E-state index in [-0.39, 0.29) is 27.0 Å². The van der Waals surface area contributed by atoms with Crippen molar-refractivity contribution < 1.29 is 27.2 Å². The molecule has 1 unspecified atom stereocenters. The monoisotopic (exact) mass is 498 g/mol. The summed E-state index contributed by atoms with van der Waals surface area (Å²) in [6, 6.07) is 8.31. The molecule has 1 aliphatic carbocycles. The largest absolute Gasteiger partial charge is 0.367 e. The number of halogens is 5. The van der Waals surface area contributed by atoms with Crippen LogP contribution in [0.2, 0.25) is 5.02 Å². The van der Waals surface area contributed by atoms with Gasteiger partial charge in [-0.2, -0.15) is 15.0 Å². The lowest BCUT2D eigenvalue weighted by Gasteiger charge is -2.15. The van der Waals surface area contributed by atoms with Crippen LogP contribution >= 0.6 is 22.9 Å². The van der Waals surface area contributed by atoms with Crippen molar-refractivity contribution in [2.24, 2.45) is 5.10 Å². The molecule has 172 valence electrons. The maximum atomic E-state index is 14.7. The smallest absolute Gasteiger partial charge is 0.357 e. The van der Waals surface area contributed by atoms with Crippen LogP contribution in [0.1, 0.15) is 22.3 Å². The van der Waals surface area contributed by atoms with Gasteiger partial charge in [-0.1, -0.05) is 41.1 Å². The molecule has 0 saturated heterocycles. The standard InChI is InChI=1S/C21H15ClF4N4O2S/c1-27-32-19(31)14-8-12(23)7-6-11(14)10-28-30(16-9-21(16,25)26)20-29-17(18(24)33-20)13-4-2-3-5-15(13)22/h2-8,10,16,27H,9H2,1H3/b28-10+. The molecule has 0 aliphatic heterocycles. The van der Waals surface area contributed by atoms with Crippen LogP contribution in [-0.2, 0) is 4.84 Å². The molecular weight excluding hydrogens is 484 g/mol. The van der Waals surface area contributed by atoms with Gasteiger partial charge < -0.3 is 4.84 Å². The van der Waals surface area contributed by atoms with Crippen molar-refractivity contribution in [3.05, 3.63) is 69.6 Å². The fourth-order valence-corrected chi connectivity index (χ4v) is 4.07. The van der Waals surface area contributed by atoms with E-state index in [0.717, 1.165) is 23.4 Å². The van der Waals surface area contributed by atoms with Crippen LogP contribution in [0.5, 0.6) is 0 Å². The van der Waals surface area contributed by atoms with Gasteiger partial charge in [0.25, 0.3) is 5.92 Å². The molecule has 1 N–H and O–H groups in total. The van der Waals surface area contributed by atoms with E-state index in [9.17, 15) is 22.4 Å². The summed E-state index contributed by atoms with van der Waals surface area (Å²) in [5.74, 6) is -4.66. The summed E-state index contributed by atoms with van der Waals surface area (Å²) in [7, 11) is 1.34. The lowest BCUT2D eigenvalue weighted by atomic mass is 10.1. The quantitative estimate of drug-likeness (QED) is 0.273. The van der Waals surface area contributed by atoms with E-state index in [1.807, 2.05) is 0 Å². The highest BCUT2D eigenvalue weighted by Gasteiger charge is 2.61. The molecule has 6 nitrogen and oxygen atoms in total. The van der Waals surface area contributed by atoms with Crippen LogP contribution in [0.4, 0.5) is 22.7 Å². The van der Waals surface area contributed by atoms with E-state index in [2.05, 4.69) is 20.4 Å². The number of hydrogen-bond donors (Lipinski definition) is 1. The predicted octanol–water partition coefficient (Wildman–Crippen LogP) is 5.28. The van der Waals surface area contributed by atoms with Crippen molar-refractivity contribution in [3.8, 4) is 11.3 Å². The van der Waals surface area contributed by atoms with Crippen LogP contribution < -0.4 is 10.5 Å². The summed E-state index contributed by atoms with van der Waals surface area (Å²) in [4.78, 5) is 20.9.